The van der Waals surface area contributed by atoms with Crippen LogP contribution in [0.3, 0.4) is 0 Å². The smallest absolute Gasteiger partial charge is 0.327 e. The summed E-state index contributed by atoms with van der Waals surface area (Å²) in [6.45, 7) is 0. The third kappa shape index (κ3) is 113. The molecular formula is H5Cl2LiMgO4. The Morgan fingerprint density at radius 1 is 1.00 bits per heavy atom. The van der Waals surface area contributed by atoms with Gasteiger partial charge in [-0.05, 0) is 0 Å². The monoisotopic (exact) mass is 170 g/mol. The molecule has 0 radical (unpaired) electrons. The normalized spacial score (nSPS) is 4.50. The summed E-state index contributed by atoms with van der Waals surface area (Å²) in [6, 6.07) is 0. The van der Waals surface area contributed by atoms with Crippen molar-refractivity contribution in [2.24, 2.45) is 0 Å². The van der Waals surface area contributed by atoms with Crippen molar-refractivity contribution in [3.8, 4) is 0 Å². The first-order valence-corrected chi connectivity index (χ1v) is 1.94. The van der Waals surface area contributed by atoms with Gasteiger partial charge in [0.1, 0.15) is 0 Å². The summed E-state index contributed by atoms with van der Waals surface area (Å²) in [5.74, 6) is 0. The molecular weight excluding hydrogens is 166 g/mol. The molecule has 0 aliphatic rings. The van der Waals surface area contributed by atoms with Gasteiger partial charge in [-0.3, -0.25) is 0 Å². The maximum Gasteiger partial charge on any atom is 0.327 e. The molecule has 0 saturated carbocycles. The van der Waals surface area contributed by atoms with Crippen LogP contribution >= 0.6 is 0 Å². The van der Waals surface area contributed by atoms with Gasteiger partial charge in [-0.2, -0.15) is 0 Å². The zero-order valence-electron chi connectivity index (χ0n) is 2.47. The van der Waals surface area contributed by atoms with Crippen molar-refractivity contribution >= 4 is 41.9 Å². The fourth-order valence-electron chi connectivity index (χ4n) is 0. The third-order valence-electron chi connectivity index (χ3n) is 0. The van der Waals surface area contributed by atoms with Crippen LogP contribution in [-0.2, 0) is 0 Å². The third-order valence-corrected chi connectivity index (χ3v) is 0. The number of rotatable bonds is 0. The SMILES string of the molecule is [LiH].[MgH2].[O-][Cl+]O.[O-][Cl+]O. The molecule has 2 N–H and O–H groups in total. The largest absolute Gasteiger partial charge is 0.506 e. The van der Waals surface area contributed by atoms with Gasteiger partial charge in [0.05, 0.1) is 0 Å². The van der Waals surface area contributed by atoms with E-state index in [9.17, 15) is 0 Å². The second-order valence-electron chi connectivity index (χ2n) is 0.138. The first kappa shape index (κ1) is 22.6. The van der Waals surface area contributed by atoms with Gasteiger partial charge in [-0.15, -0.1) is 9.32 Å². The summed E-state index contributed by atoms with van der Waals surface area (Å²) in [7, 11) is 0. The Bertz CT molecular complexity index is 16.0. The second-order valence-corrected chi connectivity index (χ2v) is 0.414. The van der Waals surface area contributed by atoms with Crippen LogP contribution in [0.4, 0.5) is 0 Å². The van der Waals surface area contributed by atoms with Gasteiger partial charge in [0, 0.05) is 0 Å². The standard InChI is InChI=1S/2ClHO2.Li.Mg.3H/c2*2-1-3;;;;;/h2*2H;;;;;. The second kappa shape index (κ2) is 37.2. The zero-order valence-corrected chi connectivity index (χ0v) is 3.98. The average molecular weight is 171 g/mol. The van der Waals surface area contributed by atoms with Gasteiger partial charge >= 0.3 is 64.6 Å². The molecule has 0 aromatic heterocycles. The van der Waals surface area contributed by atoms with Crippen molar-refractivity contribution in [1.29, 1.82) is 0 Å². The quantitative estimate of drug-likeness (QED) is 0.357. The first-order chi connectivity index (χ1) is 2.83. The molecule has 0 aromatic rings. The molecule has 0 aliphatic heterocycles. The Labute approximate surface area is 82.7 Å². The molecule has 0 bridgehead atoms. The predicted molar refractivity (Wildman–Crippen MR) is 20.1 cm³/mol. The molecule has 8 heteroatoms. The maximum atomic E-state index is 8.35. The summed E-state index contributed by atoms with van der Waals surface area (Å²) in [4.78, 5) is 0. The van der Waals surface area contributed by atoms with E-state index in [-0.39, 0.29) is 64.6 Å². The fraction of sp³-hybridized carbons (Fsp3) is 0. The molecule has 0 atom stereocenters. The molecule has 0 aromatic carbocycles. The summed E-state index contributed by atoms with van der Waals surface area (Å²) in [5.41, 5.74) is 0. The minimum Gasteiger partial charge on any atom is -0.506 e. The number of halogens is 2. The van der Waals surface area contributed by atoms with E-state index in [2.05, 4.69) is 0 Å². The van der Waals surface area contributed by atoms with Crippen molar-refractivity contribution in [2.75, 3.05) is 0 Å². The number of hydrogen-bond donors (Lipinski definition) is 2. The van der Waals surface area contributed by atoms with E-state index in [1.807, 2.05) is 0 Å². The van der Waals surface area contributed by atoms with Crippen molar-refractivity contribution in [3.63, 3.8) is 0 Å². The Kier molecular flexibility index (Phi) is 105. The molecule has 0 rings (SSSR count). The average Bonchev–Trinajstić information content (AvgIpc) is 1.39. The van der Waals surface area contributed by atoms with E-state index in [1.54, 1.807) is 0 Å². The van der Waals surface area contributed by atoms with E-state index in [0.717, 1.165) is 0 Å². The van der Waals surface area contributed by atoms with Gasteiger partial charge in [0.15, 0.2) is 0 Å². The molecule has 8 heavy (non-hydrogen) atoms. The molecule has 0 fully saturated rings. The molecule has 4 nitrogen and oxygen atoms in total. The van der Waals surface area contributed by atoms with Gasteiger partial charge in [0.25, 0.3) is 0 Å². The summed E-state index contributed by atoms with van der Waals surface area (Å²) in [6.07, 6.45) is 0. The molecule has 0 saturated heterocycles. The Morgan fingerprint density at radius 3 is 1.00 bits per heavy atom. The predicted octanol–water partition coefficient (Wildman–Crippen LogP) is -5.06. The van der Waals surface area contributed by atoms with Crippen LogP contribution < -0.4 is 9.32 Å². The van der Waals surface area contributed by atoms with Crippen LogP contribution in [0.15, 0.2) is 0 Å². The Balaban J connectivity index is -0.0000000160. The van der Waals surface area contributed by atoms with E-state index in [4.69, 9.17) is 18.6 Å². The van der Waals surface area contributed by atoms with Crippen LogP contribution in [0.2, 0.25) is 0 Å². The van der Waals surface area contributed by atoms with E-state index >= 15 is 0 Å². The molecule has 0 aliphatic carbocycles. The Hall–Kier alpha value is 1.78. The molecule has 0 amide bonds. The van der Waals surface area contributed by atoms with Crippen molar-refractivity contribution in [1.82, 2.24) is 0 Å². The summed E-state index contributed by atoms with van der Waals surface area (Å²) >= 11 is -0.333. The van der Waals surface area contributed by atoms with Crippen LogP contribution in [0.5, 0.6) is 0 Å². The zero-order chi connectivity index (χ0) is 5.41. The van der Waals surface area contributed by atoms with Crippen molar-refractivity contribution < 1.29 is 41.3 Å². The van der Waals surface area contributed by atoms with Crippen LogP contribution in [0.1, 0.15) is 0 Å². The first-order valence-electron chi connectivity index (χ1n) is 0.647. The van der Waals surface area contributed by atoms with Crippen LogP contribution in [-0.4, -0.2) is 51.2 Å². The van der Waals surface area contributed by atoms with Gasteiger partial charge in [0.2, 0.25) is 0 Å². The summed E-state index contributed by atoms with van der Waals surface area (Å²) < 4.78 is 30.4. The van der Waals surface area contributed by atoms with Gasteiger partial charge in [-0.25, -0.2) is 0 Å². The minimum absolute atomic E-state index is 0. The molecule has 0 heterocycles. The van der Waals surface area contributed by atoms with E-state index in [0.29, 0.717) is 0 Å². The topological polar surface area (TPSA) is 86.6 Å². The molecule has 46 valence electrons. The minimum atomic E-state index is -0.167. The molecule has 0 unspecified atom stereocenters. The fourth-order valence-corrected chi connectivity index (χ4v) is 0. The van der Waals surface area contributed by atoms with Crippen molar-refractivity contribution in [2.45, 2.75) is 0 Å². The van der Waals surface area contributed by atoms with Gasteiger partial charge < -0.3 is 9.32 Å². The van der Waals surface area contributed by atoms with Crippen LogP contribution in [0, 0.1) is 22.7 Å². The summed E-state index contributed by atoms with van der Waals surface area (Å²) in [5, 5.41) is 0. The van der Waals surface area contributed by atoms with Crippen LogP contribution in [0.25, 0.3) is 0 Å². The number of hydrogen-bond acceptors (Lipinski definition) is 4. The van der Waals surface area contributed by atoms with E-state index in [1.165, 1.54) is 0 Å². The Morgan fingerprint density at radius 2 is 1.00 bits per heavy atom. The van der Waals surface area contributed by atoms with Crippen molar-refractivity contribution in [3.05, 3.63) is 0 Å². The molecule has 0 spiro atoms. The maximum absolute atomic E-state index is 8.35. The van der Waals surface area contributed by atoms with Gasteiger partial charge in [-0.1, -0.05) is 0 Å². The van der Waals surface area contributed by atoms with E-state index < -0.39 is 0 Å².